The molecule has 2 heterocycles. The molecular weight excluding hydrogens is 266 g/mol. The van der Waals surface area contributed by atoms with Crippen molar-refractivity contribution in [3.8, 4) is 6.07 Å². The Kier molecular flexibility index (Phi) is 4.47. The fourth-order valence-corrected chi connectivity index (χ4v) is 3.95. The van der Waals surface area contributed by atoms with Crippen LogP contribution in [0.2, 0.25) is 5.15 Å². The van der Waals surface area contributed by atoms with E-state index in [0.29, 0.717) is 10.7 Å². The normalized spacial score (nSPS) is 19.5. The van der Waals surface area contributed by atoms with Gasteiger partial charge in [0.15, 0.2) is 5.15 Å². The zero-order chi connectivity index (χ0) is 13.1. The minimum atomic E-state index is 0.350. The van der Waals surface area contributed by atoms with Gasteiger partial charge in [0.2, 0.25) is 0 Å². The fraction of sp³-hybridized carbons (Fsp3) is 0.692. The summed E-state index contributed by atoms with van der Waals surface area (Å²) in [7, 11) is 0. The maximum Gasteiger partial charge on any atom is 0.162 e. The molecule has 0 aromatic carbocycles. The van der Waals surface area contributed by atoms with E-state index < -0.39 is 0 Å². The summed E-state index contributed by atoms with van der Waals surface area (Å²) >= 11 is 7.28. The van der Waals surface area contributed by atoms with Crippen LogP contribution in [0.25, 0.3) is 0 Å². The van der Waals surface area contributed by atoms with Gasteiger partial charge < -0.3 is 4.90 Å². The monoisotopic (exact) mass is 283 g/mol. The van der Waals surface area contributed by atoms with Gasteiger partial charge in [-0.1, -0.05) is 38.3 Å². The molecule has 1 fully saturated rings. The van der Waals surface area contributed by atoms with Gasteiger partial charge in [-0.05, 0) is 29.8 Å². The molecule has 1 atom stereocenters. The number of aromatic nitrogens is 1. The summed E-state index contributed by atoms with van der Waals surface area (Å²) in [5.41, 5.74) is 0.548. The van der Waals surface area contributed by atoms with E-state index in [1.54, 1.807) is 0 Å². The molecule has 0 aliphatic carbocycles. The van der Waals surface area contributed by atoms with Gasteiger partial charge in [-0.3, -0.25) is 0 Å². The molecule has 1 aromatic heterocycles. The van der Waals surface area contributed by atoms with E-state index in [1.807, 2.05) is 0 Å². The van der Waals surface area contributed by atoms with E-state index in [1.165, 1.54) is 30.8 Å². The van der Waals surface area contributed by atoms with Crippen LogP contribution in [0, 0.1) is 23.2 Å². The van der Waals surface area contributed by atoms with Crippen molar-refractivity contribution in [2.24, 2.45) is 11.8 Å². The zero-order valence-electron chi connectivity index (χ0n) is 10.8. The highest BCUT2D eigenvalue weighted by Crippen LogP contribution is 2.37. The second-order valence-corrected chi connectivity index (χ2v) is 5.95. The smallest absolute Gasteiger partial charge is 0.162 e. The highest BCUT2D eigenvalue weighted by molar-refractivity contribution is 7.10. The van der Waals surface area contributed by atoms with Gasteiger partial charge in [0, 0.05) is 13.1 Å². The van der Waals surface area contributed by atoms with Gasteiger partial charge in [0.25, 0.3) is 0 Å². The number of halogens is 1. The molecular formula is C13H18ClN3S. The molecule has 2 rings (SSSR count). The standard InChI is InChI=1S/C13H18ClN3S/c1-3-9(4-2)10-5-6-17(8-10)13-11(7-15)12(14)16-18-13/h9-10H,3-6,8H2,1-2H3. The molecule has 0 saturated carbocycles. The molecule has 0 spiro atoms. The Bertz CT molecular complexity index is 448. The Morgan fingerprint density at radius 1 is 1.56 bits per heavy atom. The Labute approximate surface area is 118 Å². The minimum absolute atomic E-state index is 0.350. The quantitative estimate of drug-likeness (QED) is 0.840. The predicted octanol–water partition coefficient (Wildman–Crippen LogP) is 3.93. The van der Waals surface area contributed by atoms with Crippen molar-refractivity contribution < 1.29 is 0 Å². The molecule has 1 unspecified atom stereocenters. The third-order valence-corrected chi connectivity index (χ3v) is 5.25. The number of nitriles is 1. The molecule has 1 aliphatic rings. The summed E-state index contributed by atoms with van der Waals surface area (Å²) in [6.07, 6.45) is 3.69. The Morgan fingerprint density at radius 2 is 2.28 bits per heavy atom. The Balaban J connectivity index is 2.11. The number of rotatable bonds is 4. The highest BCUT2D eigenvalue weighted by atomic mass is 35.5. The molecule has 1 saturated heterocycles. The number of nitrogens with zero attached hydrogens (tertiary/aromatic N) is 3. The van der Waals surface area contributed by atoms with Crippen LogP contribution in [0.3, 0.4) is 0 Å². The molecule has 0 radical (unpaired) electrons. The van der Waals surface area contributed by atoms with Crippen LogP contribution in [0.1, 0.15) is 38.7 Å². The lowest BCUT2D eigenvalue weighted by molar-refractivity contribution is 0.339. The number of hydrogen-bond donors (Lipinski definition) is 0. The van der Waals surface area contributed by atoms with Crippen molar-refractivity contribution in [3.05, 3.63) is 10.7 Å². The van der Waals surface area contributed by atoms with E-state index >= 15 is 0 Å². The molecule has 0 bridgehead atoms. The van der Waals surface area contributed by atoms with Crippen molar-refractivity contribution in [2.45, 2.75) is 33.1 Å². The third kappa shape index (κ3) is 2.48. The fourth-order valence-electron chi connectivity index (χ4n) is 2.88. The lowest BCUT2D eigenvalue weighted by atomic mass is 9.87. The zero-order valence-corrected chi connectivity index (χ0v) is 12.4. The SMILES string of the molecule is CCC(CC)C1CCN(c2snc(Cl)c2C#N)C1. The van der Waals surface area contributed by atoms with Crippen LogP contribution in [0.5, 0.6) is 0 Å². The first-order valence-electron chi connectivity index (χ1n) is 6.51. The number of anilines is 1. The largest absolute Gasteiger partial charge is 0.361 e. The first-order valence-corrected chi connectivity index (χ1v) is 7.66. The average molecular weight is 284 g/mol. The summed E-state index contributed by atoms with van der Waals surface area (Å²) in [4.78, 5) is 2.28. The van der Waals surface area contributed by atoms with Gasteiger partial charge in [-0.25, -0.2) is 0 Å². The summed E-state index contributed by atoms with van der Waals surface area (Å²) in [6.45, 7) is 6.59. The van der Waals surface area contributed by atoms with Crippen molar-refractivity contribution >= 4 is 28.1 Å². The minimum Gasteiger partial charge on any atom is -0.361 e. The first-order chi connectivity index (χ1) is 8.71. The predicted molar refractivity (Wildman–Crippen MR) is 76.2 cm³/mol. The molecule has 1 aromatic rings. The van der Waals surface area contributed by atoms with E-state index in [9.17, 15) is 0 Å². The van der Waals surface area contributed by atoms with E-state index in [2.05, 4.69) is 29.2 Å². The molecule has 0 amide bonds. The summed E-state index contributed by atoms with van der Waals surface area (Å²) < 4.78 is 4.09. The Morgan fingerprint density at radius 3 is 2.89 bits per heavy atom. The van der Waals surface area contributed by atoms with Crippen LogP contribution in [0.15, 0.2) is 0 Å². The van der Waals surface area contributed by atoms with Crippen molar-refractivity contribution in [3.63, 3.8) is 0 Å². The second kappa shape index (κ2) is 5.90. The van der Waals surface area contributed by atoms with Crippen LogP contribution in [-0.4, -0.2) is 17.5 Å². The number of hydrogen-bond acceptors (Lipinski definition) is 4. The van der Waals surface area contributed by atoms with E-state index in [0.717, 1.165) is 29.9 Å². The van der Waals surface area contributed by atoms with Crippen molar-refractivity contribution in [1.29, 1.82) is 5.26 Å². The summed E-state index contributed by atoms with van der Waals surface area (Å²) in [5.74, 6) is 1.54. The average Bonchev–Trinajstić information content (AvgIpc) is 2.97. The van der Waals surface area contributed by atoms with Crippen LogP contribution >= 0.6 is 23.1 Å². The van der Waals surface area contributed by atoms with Gasteiger partial charge in [-0.15, -0.1) is 0 Å². The van der Waals surface area contributed by atoms with Crippen LogP contribution < -0.4 is 4.90 Å². The van der Waals surface area contributed by atoms with Crippen molar-refractivity contribution in [2.75, 3.05) is 18.0 Å². The van der Waals surface area contributed by atoms with Crippen LogP contribution in [-0.2, 0) is 0 Å². The summed E-state index contributed by atoms with van der Waals surface area (Å²) in [5, 5.41) is 10.4. The molecule has 18 heavy (non-hydrogen) atoms. The van der Waals surface area contributed by atoms with Gasteiger partial charge in [0.1, 0.15) is 16.6 Å². The molecule has 3 nitrogen and oxygen atoms in total. The molecule has 98 valence electrons. The maximum atomic E-state index is 9.12. The third-order valence-electron chi connectivity index (χ3n) is 3.97. The van der Waals surface area contributed by atoms with Gasteiger partial charge >= 0.3 is 0 Å². The summed E-state index contributed by atoms with van der Waals surface area (Å²) in [6, 6.07) is 2.17. The molecule has 0 N–H and O–H groups in total. The topological polar surface area (TPSA) is 39.9 Å². The van der Waals surface area contributed by atoms with E-state index in [4.69, 9.17) is 16.9 Å². The molecule has 5 heteroatoms. The van der Waals surface area contributed by atoms with Crippen LogP contribution in [0.4, 0.5) is 5.00 Å². The lowest BCUT2D eigenvalue weighted by Gasteiger charge is -2.21. The highest BCUT2D eigenvalue weighted by Gasteiger charge is 2.30. The van der Waals surface area contributed by atoms with Gasteiger partial charge in [-0.2, -0.15) is 9.64 Å². The Hall–Kier alpha value is -0.790. The van der Waals surface area contributed by atoms with Gasteiger partial charge in [0.05, 0.1) is 0 Å². The first kappa shape index (κ1) is 13.6. The maximum absolute atomic E-state index is 9.12. The lowest BCUT2D eigenvalue weighted by Crippen LogP contribution is -2.22. The van der Waals surface area contributed by atoms with E-state index in [-0.39, 0.29) is 0 Å². The second-order valence-electron chi connectivity index (χ2n) is 4.84. The van der Waals surface area contributed by atoms with Crippen molar-refractivity contribution in [1.82, 2.24) is 4.37 Å². The molecule has 1 aliphatic heterocycles.